The molecule has 0 spiro atoms. The van der Waals surface area contributed by atoms with Gasteiger partial charge in [0.25, 0.3) is 0 Å². The second-order valence-electron chi connectivity index (χ2n) is 5.03. The molecule has 1 unspecified atom stereocenters. The first kappa shape index (κ1) is 17.5. The van der Waals surface area contributed by atoms with Crippen LogP contribution in [0.2, 0.25) is 0 Å². The van der Waals surface area contributed by atoms with Gasteiger partial charge < -0.3 is 20.7 Å². The summed E-state index contributed by atoms with van der Waals surface area (Å²) in [5.41, 5.74) is 6.52. The second kappa shape index (κ2) is 9.37. The number of carbonyl (C=O) groups is 1. The van der Waals surface area contributed by atoms with Crippen molar-refractivity contribution in [2.45, 2.75) is 33.4 Å². The summed E-state index contributed by atoms with van der Waals surface area (Å²) in [5.74, 6) is 0.707. The lowest BCUT2D eigenvalue weighted by molar-refractivity contribution is -0.122. The molecule has 0 radical (unpaired) electrons. The topological polar surface area (TPSA) is 67.6 Å². The van der Waals surface area contributed by atoms with Crippen LogP contribution in [0.25, 0.3) is 0 Å². The lowest BCUT2D eigenvalue weighted by Gasteiger charge is -2.18. The number of nitrogens with one attached hydrogen (secondary N) is 1. The van der Waals surface area contributed by atoms with Gasteiger partial charge in [-0.25, -0.2) is 0 Å². The van der Waals surface area contributed by atoms with Gasteiger partial charge in [0.05, 0.1) is 6.04 Å². The van der Waals surface area contributed by atoms with Crippen molar-refractivity contribution >= 4 is 5.91 Å². The minimum atomic E-state index is -0.479. The summed E-state index contributed by atoms with van der Waals surface area (Å²) >= 11 is 0. The largest absolute Gasteiger partial charge is 0.492 e. The number of hydrogen-bond donors (Lipinski definition) is 2. The average molecular weight is 293 g/mol. The van der Waals surface area contributed by atoms with E-state index in [1.54, 1.807) is 6.92 Å². The van der Waals surface area contributed by atoms with E-state index in [1.807, 2.05) is 24.3 Å². The van der Waals surface area contributed by atoms with Crippen molar-refractivity contribution in [3.8, 4) is 5.75 Å². The summed E-state index contributed by atoms with van der Waals surface area (Å²) in [6.45, 7) is 10.1. The number of ether oxygens (including phenoxy) is 1. The Balaban J connectivity index is 2.35. The number of rotatable bonds is 9. The molecular formula is C16H27N3O2. The van der Waals surface area contributed by atoms with Gasteiger partial charge in [0.2, 0.25) is 5.91 Å². The van der Waals surface area contributed by atoms with E-state index in [1.165, 1.54) is 0 Å². The first-order valence-electron chi connectivity index (χ1n) is 7.54. The Hall–Kier alpha value is -1.59. The maximum Gasteiger partial charge on any atom is 0.236 e. The maximum absolute atomic E-state index is 11.4. The van der Waals surface area contributed by atoms with Crippen molar-refractivity contribution in [2.75, 3.05) is 26.2 Å². The number of nitrogens with zero attached hydrogens (tertiary/aromatic N) is 1. The predicted molar refractivity (Wildman–Crippen MR) is 85.2 cm³/mol. The Morgan fingerprint density at radius 1 is 1.29 bits per heavy atom. The minimum absolute atomic E-state index is 0.144. The molecule has 0 heterocycles. The van der Waals surface area contributed by atoms with Gasteiger partial charge in [-0.05, 0) is 37.7 Å². The van der Waals surface area contributed by atoms with Crippen LogP contribution in [0, 0.1) is 0 Å². The Morgan fingerprint density at radius 3 is 2.43 bits per heavy atom. The zero-order valence-corrected chi connectivity index (χ0v) is 13.3. The number of amides is 1. The lowest BCUT2D eigenvalue weighted by atomic mass is 10.2. The van der Waals surface area contributed by atoms with Crippen LogP contribution in [0.5, 0.6) is 5.75 Å². The van der Waals surface area contributed by atoms with E-state index in [4.69, 9.17) is 10.5 Å². The highest BCUT2D eigenvalue weighted by molar-refractivity contribution is 5.80. The normalized spacial score (nSPS) is 12.2. The first-order valence-corrected chi connectivity index (χ1v) is 7.54. The monoisotopic (exact) mass is 293 g/mol. The number of hydrogen-bond acceptors (Lipinski definition) is 4. The van der Waals surface area contributed by atoms with E-state index in [2.05, 4.69) is 24.1 Å². The third-order valence-electron chi connectivity index (χ3n) is 3.37. The molecule has 1 rings (SSSR count). The average Bonchev–Trinajstić information content (AvgIpc) is 2.50. The fourth-order valence-corrected chi connectivity index (χ4v) is 1.89. The fourth-order valence-electron chi connectivity index (χ4n) is 1.89. The summed E-state index contributed by atoms with van der Waals surface area (Å²) in [5, 5.41) is 2.78. The molecule has 5 heteroatoms. The quantitative estimate of drug-likeness (QED) is 0.721. The van der Waals surface area contributed by atoms with Crippen molar-refractivity contribution < 1.29 is 9.53 Å². The molecule has 1 aromatic rings. The summed E-state index contributed by atoms with van der Waals surface area (Å²) in [6.07, 6.45) is 0. The smallest absolute Gasteiger partial charge is 0.236 e. The molecule has 1 amide bonds. The van der Waals surface area contributed by atoms with Crippen molar-refractivity contribution in [1.29, 1.82) is 0 Å². The lowest BCUT2D eigenvalue weighted by Crippen LogP contribution is -2.37. The van der Waals surface area contributed by atoms with Gasteiger partial charge in [-0.2, -0.15) is 0 Å². The molecule has 3 N–H and O–H groups in total. The highest BCUT2D eigenvalue weighted by atomic mass is 16.5. The Morgan fingerprint density at radius 2 is 1.90 bits per heavy atom. The summed E-state index contributed by atoms with van der Waals surface area (Å²) in [7, 11) is 0. The van der Waals surface area contributed by atoms with Gasteiger partial charge >= 0.3 is 0 Å². The Kier molecular flexibility index (Phi) is 7.79. The molecule has 5 nitrogen and oxygen atoms in total. The van der Waals surface area contributed by atoms with E-state index in [0.29, 0.717) is 13.2 Å². The molecule has 0 fully saturated rings. The fraction of sp³-hybridized carbons (Fsp3) is 0.562. The molecule has 1 atom stereocenters. The molecule has 21 heavy (non-hydrogen) atoms. The molecule has 1 aromatic carbocycles. The summed E-state index contributed by atoms with van der Waals surface area (Å²) in [4.78, 5) is 13.7. The molecule has 0 aliphatic heterocycles. The van der Waals surface area contributed by atoms with Gasteiger partial charge in [0.1, 0.15) is 12.4 Å². The number of carbonyl (C=O) groups excluding carboxylic acids is 1. The second-order valence-corrected chi connectivity index (χ2v) is 5.03. The highest BCUT2D eigenvalue weighted by Crippen LogP contribution is 2.12. The van der Waals surface area contributed by atoms with Crippen LogP contribution in [0.4, 0.5) is 0 Å². The van der Waals surface area contributed by atoms with Crippen LogP contribution in [0.15, 0.2) is 24.3 Å². The highest BCUT2D eigenvalue weighted by Gasteiger charge is 2.06. The van der Waals surface area contributed by atoms with E-state index in [0.717, 1.165) is 30.9 Å². The van der Waals surface area contributed by atoms with Crippen LogP contribution >= 0.6 is 0 Å². The third kappa shape index (κ3) is 6.60. The third-order valence-corrected chi connectivity index (χ3v) is 3.37. The molecule has 118 valence electrons. The molecular weight excluding hydrogens is 266 g/mol. The number of nitrogens with two attached hydrogens (primary N) is 1. The molecule has 0 aromatic heterocycles. The SMILES string of the molecule is CCN(CC)CCOc1ccc(CNC(=O)C(C)N)cc1. The standard InChI is InChI=1S/C16H27N3O2/c1-4-19(5-2)10-11-21-15-8-6-14(7-9-15)12-18-16(20)13(3)17/h6-9,13H,4-5,10-12,17H2,1-3H3,(H,18,20). The van der Waals surface area contributed by atoms with E-state index in [-0.39, 0.29) is 5.91 Å². The summed E-state index contributed by atoms with van der Waals surface area (Å²) in [6, 6.07) is 7.28. The van der Waals surface area contributed by atoms with Crippen molar-refractivity contribution in [1.82, 2.24) is 10.2 Å². The molecule has 0 saturated carbocycles. The summed E-state index contributed by atoms with van der Waals surface area (Å²) < 4.78 is 5.71. The van der Waals surface area contributed by atoms with Gasteiger partial charge in [-0.15, -0.1) is 0 Å². The van der Waals surface area contributed by atoms with Gasteiger partial charge in [0.15, 0.2) is 0 Å². The Labute approximate surface area is 127 Å². The Bertz CT molecular complexity index is 414. The van der Waals surface area contributed by atoms with Crippen LogP contribution in [0.3, 0.4) is 0 Å². The predicted octanol–water partition coefficient (Wildman–Crippen LogP) is 1.37. The minimum Gasteiger partial charge on any atom is -0.492 e. The molecule has 0 aliphatic rings. The maximum atomic E-state index is 11.4. The van der Waals surface area contributed by atoms with Crippen molar-refractivity contribution in [3.63, 3.8) is 0 Å². The molecule has 0 saturated heterocycles. The number of likely N-dealkylation sites (N-methyl/N-ethyl adjacent to an activating group) is 1. The van der Waals surface area contributed by atoms with Crippen molar-refractivity contribution in [3.05, 3.63) is 29.8 Å². The molecule has 0 bridgehead atoms. The first-order chi connectivity index (χ1) is 10.1. The molecule has 0 aliphatic carbocycles. The van der Waals surface area contributed by atoms with Crippen LogP contribution in [-0.2, 0) is 11.3 Å². The van der Waals surface area contributed by atoms with Crippen LogP contribution in [0.1, 0.15) is 26.3 Å². The van der Waals surface area contributed by atoms with Crippen molar-refractivity contribution in [2.24, 2.45) is 5.73 Å². The van der Waals surface area contributed by atoms with Gasteiger partial charge in [-0.3, -0.25) is 4.79 Å². The van der Waals surface area contributed by atoms with Gasteiger partial charge in [-0.1, -0.05) is 26.0 Å². The van der Waals surface area contributed by atoms with Crippen LogP contribution in [-0.4, -0.2) is 43.1 Å². The van der Waals surface area contributed by atoms with Gasteiger partial charge in [0, 0.05) is 13.1 Å². The van der Waals surface area contributed by atoms with Crippen LogP contribution < -0.4 is 15.8 Å². The zero-order chi connectivity index (χ0) is 15.7. The number of benzene rings is 1. The van der Waals surface area contributed by atoms with E-state index < -0.39 is 6.04 Å². The van der Waals surface area contributed by atoms with E-state index >= 15 is 0 Å². The zero-order valence-electron chi connectivity index (χ0n) is 13.3. The van der Waals surface area contributed by atoms with E-state index in [9.17, 15) is 4.79 Å².